The quantitative estimate of drug-likeness (QED) is 0.915. The molecular formula is C13H20Cl2N2O2S. The van der Waals surface area contributed by atoms with Crippen LogP contribution in [-0.2, 0) is 15.8 Å². The van der Waals surface area contributed by atoms with Crippen molar-refractivity contribution in [2.75, 3.05) is 19.6 Å². The molecule has 4 nitrogen and oxygen atoms in total. The van der Waals surface area contributed by atoms with E-state index < -0.39 is 10.0 Å². The van der Waals surface area contributed by atoms with Crippen LogP contribution in [0.15, 0.2) is 24.3 Å². The summed E-state index contributed by atoms with van der Waals surface area (Å²) in [5.41, 5.74) is 6.25. The van der Waals surface area contributed by atoms with Crippen LogP contribution in [0.4, 0.5) is 0 Å². The molecule has 0 spiro atoms. The Bertz CT molecular complexity index is 565. The highest BCUT2D eigenvalue weighted by molar-refractivity contribution is 7.88. The fraction of sp³-hybridized carbons (Fsp3) is 0.538. The van der Waals surface area contributed by atoms with E-state index in [-0.39, 0.29) is 23.6 Å². The molecule has 7 heteroatoms. The first-order chi connectivity index (χ1) is 8.86. The molecule has 2 rings (SSSR count). The van der Waals surface area contributed by atoms with Crippen molar-refractivity contribution in [3.05, 3.63) is 34.9 Å². The van der Waals surface area contributed by atoms with Gasteiger partial charge < -0.3 is 5.73 Å². The summed E-state index contributed by atoms with van der Waals surface area (Å²) in [7, 11) is -3.32. The van der Waals surface area contributed by atoms with Gasteiger partial charge in [0.25, 0.3) is 0 Å². The summed E-state index contributed by atoms with van der Waals surface area (Å²) in [4.78, 5) is 0. The van der Waals surface area contributed by atoms with E-state index in [1.165, 1.54) is 4.31 Å². The highest BCUT2D eigenvalue weighted by Gasteiger charge is 2.38. The van der Waals surface area contributed by atoms with Gasteiger partial charge in [-0.05, 0) is 30.0 Å². The van der Waals surface area contributed by atoms with Crippen molar-refractivity contribution >= 4 is 34.0 Å². The molecule has 1 atom stereocenters. The first kappa shape index (κ1) is 17.7. The number of nitrogens with two attached hydrogens (primary N) is 1. The summed E-state index contributed by atoms with van der Waals surface area (Å²) in [5.74, 6) is -0.0483. The molecule has 0 aromatic heterocycles. The normalized spacial score (nSPS) is 23.6. The van der Waals surface area contributed by atoms with Gasteiger partial charge in [-0.15, -0.1) is 12.4 Å². The van der Waals surface area contributed by atoms with Gasteiger partial charge in [0, 0.05) is 18.1 Å². The minimum atomic E-state index is -3.32. The van der Waals surface area contributed by atoms with E-state index >= 15 is 0 Å². The Morgan fingerprint density at radius 1 is 1.40 bits per heavy atom. The fourth-order valence-corrected chi connectivity index (χ4v) is 4.27. The molecule has 1 unspecified atom stereocenters. The molecule has 0 bridgehead atoms. The minimum Gasteiger partial charge on any atom is -0.330 e. The fourth-order valence-electron chi connectivity index (χ4n) is 2.29. The zero-order valence-electron chi connectivity index (χ0n) is 11.4. The molecule has 0 amide bonds. The van der Waals surface area contributed by atoms with Crippen molar-refractivity contribution in [2.24, 2.45) is 11.1 Å². The first-order valence-corrected chi connectivity index (χ1v) is 8.26. The molecule has 2 N–H and O–H groups in total. The van der Waals surface area contributed by atoms with Crippen LogP contribution in [0.25, 0.3) is 0 Å². The zero-order valence-corrected chi connectivity index (χ0v) is 13.8. The number of nitrogens with zero attached hydrogens (tertiary/aromatic N) is 1. The van der Waals surface area contributed by atoms with Gasteiger partial charge in [-0.3, -0.25) is 0 Å². The van der Waals surface area contributed by atoms with Crippen molar-refractivity contribution < 1.29 is 8.42 Å². The van der Waals surface area contributed by atoms with Crippen LogP contribution in [0.5, 0.6) is 0 Å². The third kappa shape index (κ3) is 3.86. The van der Waals surface area contributed by atoms with Crippen LogP contribution in [0.1, 0.15) is 18.9 Å². The van der Waals surface area contributed by atoms with Crippen LogP contribution in [0, 0.1) is 5.41 Å². The Morgan fingerprint density at radius 2 is 2.05 bits per heavy atom. The van der Waals surface area contributed by atoms with Gasteiger partial charge in [0.2, 0.25) is 10.0 Å². The molecule has 1 saturated heterocycles. The lowest BCUT2D eigenvalue weighted by Gasteiger charge is -2.22. The average Bonchev–Trinajstić information content (AvgIpc) is 2.76. The van der Waals surface area contributed by atoms with E-state index in [1.54, 1.807) is 24.3 Å². The smallest absolute Gasteiger partial charge is 0.218 e. The Hall–Kier alpha value is -0.330. The van der Waals surface area contributed by atoms with E-state index in [4.69, 9.17) is 17.3 Å². The summed E-state index contributed by atoms with van der Waals surface area (Å²) in [6, 6.07) is 7.04. The van der Waals surface area contributed by atoms with Crippen molar-refractivity contribution in [1.29, 1.82) is 0 Å². The van der Waals surface area contributed by atoms with Gasteiger partial charge in [0.1, 0.15) is 0 Å². The molecule has 114 valence electrons. The summed E-state index contributed by atoms with van der Waals surface area (Å²) in [6.07, 6.45) is 0.811. The Balaban J connectivity index is 0.00000200. The van der Waals surface area contributed by atoms with Gasteiger partial charge in [-0.1, -0.05) is 36.7 Å². The van der Waals surface area contributed by atoms with Crippen molar-refractivity contribution in [3.8, 4) is 0 Å². The summed E-state index contributed by atoms with van der Waals surface area (Å²) in [5, 5.41) is 0.492. The van der Waals surface area contributed by atoms with Crippen LogP contribution >= 0.6 is 24.0 Å². The van der Waals surface area contributed by atoms with E-state index in [1.807, 2.05) is 6.92 Å². The molecule has 1 heterocycles. The van der Waals surface area contributed by atoms with Crippen LogP contribution in [0.3, 0.4) is 0 Å². The maximum Gasteiger partial charge on any atom is 0.218 e. The second-order valence-corrected chi connectivity index (χ2v) is 7.82. The van der Waals surface area contributed by atoms with Gasteiger partial charge in [0.05, 0.1) is 5.75 Å². The van der Waals surface area contributed by atoms with E-state index in [9.17, 15) is 8.42 Å². The van der Waals surface area contributed by atoms with E-state index in [2.05, 4.69) is 0 Å². The number of hydrogen-bond acceptors (Lipinski definition) is 3. The van der Waals surface area contributed by atoms with Gasteiger partial charge in [-0.2, -0.15) is 0 Å². The number of halogens is 2. The third-order valence-electron chi connectivity index (χ3n) is 3.70. The van der Waals surface area contributed by atoms with Crippen molar-refractivity contribution in [1.82, 2.24) is 4.31 Å². The third-order valence-corrected chi connectivity index (χ3v) is 5.85. The van der Waals surface area contributed by atoms with Crippen LogP contribution in [-0.4, -0.2) is 32.4 Å². The van der Waals surface area contributed by atoms with Gasteiger partial charge in [0.15, 0.2) is 0 Å². The highest BCUT2D eigenvalue weighted by Crippen LogP contribution is 2.31. The Labute approximate surface area is 131 Å². The second-order valence-electron chi connectivity index (χ2n) is 5.45. The Morgan fingerprint density at radius 3 is 2.60 bits per heavy atom. The number of sulfonamides is 1. The van der Waals surface area contributed by atoms with Gasteiger partial charge >= 0.3 is 0 Å². The predicted molar refractivity (Wildman–Crippen MR) is 84.7 cm³/mol. The molecule has 0 aliphatic carbocycles. The van der Waals surface area contributed by atoms with Crippen LogP contribution < -0.4 is 5.73 Å². The standard InChI is InChI=1S/C13H19ClN2O2S.ClH/c1-13(9-15)6-7-16(10-13)19(17,18)8-11-4-2-3-5-12(11)14;/h2-5H,6-10,15H2,1H3;1H. The molecule has 1 fully saturated rings. The predicted octanol–water partition coefficient (Wildman–Crippen LogP) is 2.26. The number of benzene rings is 1. The van der Waals surface area contributed by atoms with Crippen molar-refractivity contribution in [2.45, 2.75) is 19.1 Å². The lowest BCUT2D eigenvalue weighted by atomic mass is 9.90. The maximum atomic E-state index is 12.4. The molecule has 1 aliphatic heterocycles. The van der Waals surface area contributed by atoms with E-state index in [0.717, 1.165) is 6.42 Å². The van der Waals surface area contributed by atoms with E-state index in [0.29, 0.717) is 30.2 Å². The summed E-state index contributed by atoms with van der Waals surface area (Å²) in [6.45, 7) is 3.57. The number of hydrogen-bond donors (Lipinski definition) is 1. The molecule has 20 heavy (non-hydrogen) atoms. The molecule has 1 aromatic rings. The Kier molecular flexibility index (Phi) is 5.87. The monoisotopic (exact) mass is 338 g/mol. The van der Waals surface area contributed by atoms with Crippen LogP contribution in [0.2, 0.25) is 5.02 Å². The second kappa shape index (κ2) is 6.62. The topological polar surface area (TPSA) is 63.4 Å². The first-order valence-electron chi connectivity index (χ1n) is 6.28. The number of rotatable bonds is 4. The SMILES string of the molecule is CC1(CN)CCN(S(=O)(=O)Cc2ccccc2Cl)C1.Cl. The lowest BCUT2D eigenvalue weighted by Crippen LogP contribution is -2.35. The maximum absolute atomic E-state index is 12.4. The zero-order chi connectivity index (χ0) is 14.1. The molecule has 0 radical (unpaired) electrons. The van der Waals surface area contributed by atoms with Crippen molar-refractivity contribution in [3.63, 3.8) is 0 Å². The lowest BCUT2D eigenvalue weighted by molar-refractivity contribution is 0.349. The highest BCUT2D eigenvalue weighted by atomic mass is 35.5. The molecule has 1 aromatic carbocycles. The average molecular weight is 339 g/mol. The molecule has 0 saturated carbocycles. The summed E-state index contributed by atoms with van der Waals surface area (Å²) < 4.78 is 26.3. The minimum absolute atomic E-state index is 0. The largest absolute Gasteiger partial charge is 0.330 e. The van der Waals surface area contributed by atoms with Gasteiger partial charge in [-0.25, -0.2) is 12.7 Å². The summed E-state index contributed by atoms with van der Waals surface area (Å²) >= 11 is 6.02. The molecule has 1 aliphatic rings. The molecular weight excluding hydrogens is 319 g/mol.